The maximum atomic E-state index is 13.2. The molecule has 2 rings (SSSR count). The van der Waals surface area contributed by atoms with E-state index in [-0.39, 0.29) is 24.9 Å². The van der Waals surface area contributed by atoms with Gasteiger partial charge in [0.25, 0.3) is 0 Å². The molecule has 1 aromatic carbocycles. The number of hydrogen-bond acceptors (Lipinski definition) is 2. The Balaban J connectivity index is 1.91. The van der Waals surface area contributed by atoms with Crippen molar-refractivity contribution in [3.63, 3.8) is 0 Å². The van der Waals surface area contributed by atoms with Crippen molar-refractivity contribution in [2.45, 2.75) is 44.3 Å². The fourth-order valence-electron chi connectivity index (χ4n) is 2.59. The van der Waals surface area contributed by atoms with Crippen LogP contribution in [0.25, 0.3) is 0 Å². The van der Waals surface area contributed by atoms with Gasteiger partial charge in [0.15, 0.2) is 0 Å². The van der Waals surface area contributed by atoms with Crippen molar-refractivity contribution in [3.05, 3.63) is 35.9 Å². The van der Waals surface area contributed by atoms with E-state index in [1.165, 1.54) is 6.21 Å². The third-order valence-corrected chi connectivity index (χ3v) is 3.62. The summed E-state index contributed by atoms with van der Waals surface area (Å²) in [7, 11) is 0. The van der Waals surface area contributed by atoms with Crippen LogP contribution >= 0.6 is 0 Å². The molecule has 4 heteroatoms. The van der Waals surface area contributed by atoms with Crippen molar-refractivity contribution in [2.75, 3.05) is 0 Å². The molecule has 0 bridgehead atoms. The van der Waals surface area contributed by atoms with Gasteiger partial charge in [-0.05, 0) is 24.1 Å². The van der Waals surface area contributed by atoms with E-state index in [9.17, 15) is 8.78 Å². The molecule has 1 fully saturated rings. The Morgan fingerprint density at radius 2 is 2.11 bits per heavy atom. The number of nitrogens with one attached hydrogen (secondary N) is 1. The van der Waals surface area contributed by atoms with Gasteiger partial charge in [0.05, 0.1) is 12.7 Å². The highest BCUT2D eigenvalue weighted by Crippen LogP contribution is 2.41. The zero-order chi connectivity index (χ0) is 13.7. The summed E-state index contributed by atoms with van der Waals surface area (Å²) in [4.78, 5) is 0. The average molecular weight is 267 g/mol. The Labute approximate surface area is 112 Å². The number of alkyl halides is 2. The molecule has 0 aliphatic heterocycles. The fourth-order valence-corrected chi connectivity index (χ4v) is 2.59. The lowest BCUT2D eigenvalue weighted by atomic mass is 9.98. The maximum Gasteiger partial charge on any atom is 0.248 e. The zero-order valence-corrected chi connectivity index (χ0v) is 10.8. The van der Waals surface area contributed by atoms with E-state index in [0.29, 0.717) is 19.4 Å². The summed E-state index contributed by atoms with van der Waals surface area (Å²) in [6.07, 6.45) is 1.72. The highest BCUT2D eigenvalue weighted by molar-refractivity contribution is 5.53. The summed E-state index contributed by atoms with van der Waals surface area (Å²) in [6, 6.07) is 9.67. The van der Waals surface area contributed by atoms with Crippen LogP contribution in [0.3, 0.4) is 0 Å². The van der Waals surface area contributed by atoms with Gasteiger partial charge in [-0.3, -0.25) is 0 Å². The van der Waals surface area contributed by atoms with Crippen molar-refractivity contribution in [1.29, 1.82) is 5.41 Å². The average Bonchev–Trinajstić information content (AvgIpc) is 2.76. The Morgan fingerprint density at radius 1 is 1.37 bits per heavy atom. The van der Waals surface area contributed by atoms with Crippen LogP contribution in [0.15, 0.2) is 30.3 Å². The molecular formula is C15H19F2NO. The number of benzene rings is 1. The van der Waals surface area contributed by atoms with E-state index in [2.05, 4.69) is 0 Å². The van der Waals surface area contributed by atoms with Crippen molar-refractivity contribution in [1.82, 2.24) is 0 Å². The van der Waals surface area contributed by atoms with E-state index in [4.69, 9.17) is 10.1 Å². The van der Waals surface area contributed by atoms with Crippen LogP contribution in [0, 0.1) is 11.3 Å². The smallest absolute Gasteiger partial charge is 0.248 e. The Hall–Kier alpha value is -1.29. The predicted molar refractivity (Wildman–Crippen MR) is 70.7 cm³/mol. The molecule has 1 unspecified atom stereocenters. The van der Waals surface area contributed by atoms with Gasteiger partial charge in [-0.15, -0.1) is 0 Å². The molecule has 104 valence electrons. The van der Waals surface area contributed by atoms with Crippen molar-refractivity contribution >= 4 is 6.21 Å². The molecule has 1 aromatic rings. The summed E-state index contributed by atoms with van der Waals surface area (Å²) in [5.74, 6) is -2.69. The highest BCUT2D eigenvalue weighted by atomic mass is 19.3. The van der Waals surface area contributed by atoms with Crippen molar-refractivity contribution in [2.24, 2.45) is 5.92 Å². The van der Waals surface area contributed by atoms with Gasteiger partial charge in [0.2, 0.25) is 5.92 Å². The predicted octanol–water partition coefficient (Wildman–Crippen LogP) is 4.05. The molecule has 1 N–H and O–H groups in total. The van der Waals surface area contributed by atoms with Crippen LogP contribution in [0.5, 0.6) is 0 Å². The third-order valence-electron chi connectivity index (χ3n) is 3.62. The van der Waals surface area contributed by atoms with E-state index >= 15 is 0 Å². The molecule has 2 nitrogen and oxygen atoms in total. The van der Waals surface area contributed by atoms with Crippen LogP contribution in [0.4, 0.5) is 8.78 Å². The van der Waals surface area contributed by atoms with Gasteiger partial charge >= 0.3 is 0 Å². The van der Waals surface area contributed by atoms with Crippen LogP contribution in [-0.2, 0) is 11.3 Å². The minimum absolute atomic E-state index is 0.0547. The minimum atomic E-state index is -2.55. The molecule has 19 heavy (non-hydrogen) atoms. The minimum Gasteiger partial charge on any atom is -0.373 e. The van der Waals surface area contributed by atoms with Gasteiger partial charge in [-0.2, -0.15) is 0 Å². The second-order valence-electron chi connectivity index (χ2n) is 5.13. The van der Waals surface area contributed by atoms with Crippen molar-refractivity contribution in [3.8, 4) is 0 Å². The second kappa shape index (κ2) is 6.24. The van der Waals surface area contributed by atoms with Gasteiger partial charge in [0.1, 0.15) is 0 Å². The fraction of sp³-hybridized carbons (Fsp3) is 0.533. The summed E-state index contributed by atoms with van der Waals surface area (Å²) in [5, 5.41) is 7.19. The molecule has 1 aliphatic rings. The molecule has 0 spiro atoms. The number of halogens is 2. The Morgan fingerprint density at radius 3 is 2.68 bits per heavy atom. The molecule has 1 saturated carbocycles. The SMILES string of the molecule is N=CC[C@H](OCc1ccccc1)C1CCC(F)(F)C1. The lowest BCUT2D eigenvalue weighted by Crippen LogP contribution is -2.24. The lowest BCUT2D eigenvalue weighted by Gasteiger charge is -2.22. The standard InChI is InChI=1S/C15H19F2NO/c16-15(17)8-6-13(10-15)14(7-9-18)19-11-12-4-2-1-3-5-12/h1-5,9,13-14,18H,6-8,10-11H2/t13?,14-/m0/s1. The molecule has 0 amide bonds. The Kier molecular flexibility index (Phi) is 4.64. The highest BCUT2D eigenvalue weighted by Gasteiger charge is 2.42. The monoisotopic (exact) mass is 267 g/mol. The number of rotatable bonds is 6. The zero-order valence-electron chi connectivity index (χ0n) is 10.8. The van der Waals surface area contributed by atoms with Crippen molar-refractivity contribution < 1.29 is 13.5 Å². The van der Waals surface area contributed by atoms with Gasteiger partial charge in [0, 0.05) is 19.3 Å². The summed E-state index contributed by atoms with van der Waals surface area (Å²) >= 11 is 0. The topological polar surface area (TPSA) is 33.1 Å². The quantitative estimate of drug-likeness (QED) is 0.775. The molecule has 0 aromatic heterocycles. The first-order valence-corrected chi connectivity index (χ1v) is 6.63. The van der Waals surface area contributed by atoms with Crippen LogP contribution < -0.4 is 0 Å². The molecule has 2 atom stereocenters. The van der Waals surface area contributed by atoms with E-state index < -0.39 is 5.92 Å². The maximum absolute atomic E-state index is 13.2. The van der Waals surface area contributed by atoms with E-state index in [0.717, 1.165) is 5.56 Å². The normalized spacial score (nSPS) is 23.2. The largest absolute Gasteiger partial charge is 0.373 e. The summed E-state index contributed by atoms with van der Waals surface area (Å²) < 4.78 is 32.3. The van der Waals surface area contributed by atoms with E-state index in [1.807, 2.05) is 30.3 Å². The van der Waals surface area contributed by atoms with Crippen LogP contribution in [0.1, 0.15) is 31.2 Å². The molecular weight excluding hydrogens is 248 g/mol. The molecule has 1 aliphatic carbocycles. The number of hydrogen-bond donors (Lipinski definition) is 1. The van der Waals surface area contributed by atoms with Crippen LogP contribution in [-0.4, -0.2) is 18.2 Å². The lowest BCUT2D eigenvalue weighted by molar-refractivity contribution is -0.0248. The summed E-state index contributed by atoms with van der Waals surface area (Å²) in [6.45, 7) is 0.418. The van der Waals surface area contributed by atoms with Gasteiger partial charge in [-0.25, -0.2) is 8.78 Å². The second-order valence-corrected chi connectivity index (χ2v) is 5.13. The third kappa shape index (κ3) is 4.10. The first-order valence-electron chi connectivity index (χ1n) is 6.63. The molecule has 0 heterocycles. The van der Waals surface area contributed by atoms with Crippen LogP contribution in [0.2, 0.25) is 0 Å². The first kappa shape index (κ1) is 14.1. The first-order chi connectivity index (χ1) is 9.11. The van der Waals surface area contributed by atoms with Gasteiger partial charge in [-0.1, -0.05) is 30.3 Å². The summed E-state index contributed by atoms with van der Waals surface area (Å²) in [5.41, 5.74) is 1.03. The van der Waals surface area contributed by atoms with Gasteiger partial charge < -0.3 is 10.1 Å². The molecule has 0 radical (unpaired) electrons. The number of ether oxygens (including phenoxy) is 1. The molecule has 0 saturated heterocycles. The Bertz CT molecular complexity index is 408. The van der Waals surface area contributed by atoms with E-state index in [1.54, 1.807) is 0 Å².